The van der Waals surface area contributed by atoms with Crippen molar-refractivity contribution in [2.24, 2.45) is 11.8 Å². The van der Waals surface area contributed by atoms with Crippen molar-refractivity contribution in [3.63, 3.8) is 0 Å². The first-order chi connectivity index (χ1) is 7.58. The Bertz CT molecular complexity index is 191. The second kappa shape index (κ2) is 6.61. The molecule has 1 saturated heterocycles. The molecular formula is C14H30N2. The van der Waals surface area contributed by atoms with E-state index in [1.54, 1.807) is 0 Å². The summed E-state index contributed by atoms with van der Waals surface area (Å²) in [6.45, 7) is 15.2. The maximum absolute atomic E-state index is 3.74. The number of piperazine rings is 1. The van der Waals surface area contributed by atoms with Crippen molar-refractivity contribution >= 4 is 0 Å². The van der Waals surface area contributed by atoms with Crippen LogP contribution in [-0.2, 0) is 0 Å². The van der Waals surface area contributed by atoms with Crippen molar-refractivity contribution in [2.75, 3.05) is 19.6 Å². The van der Waals surface area contributed by atoms with Crippen LogP contribution in [-0.4, -0.2) is 36.6 Å². The van der Waals surface area contributed by atoms with Gasteiger partial charge < -0.3 is 5.32 Å². The van der Waals surface area contributed by atoms with Gasteiger partial charge in [-0.3, -0.25) is 4.90 Å². The molecule has 96 valence electrons. The third-order valence-electron chi connectivity index (χ3n) is 4.00. The van der Waals surface area contributed by atoms with Crippen molar-refractivity contribution in [1.82, 2.24) is 10.2 Å². The van der Waals surface area contributed by atoms with Crippen LogP contribution < -0.4 is 5.32 Å². The third kappa shape index (κ3) is 3.74. The molecule has 1 rings (SSSR count). The van der Waals surface area contributed by atoms with Gasteiger partial charge in [-0.05, 0) is 24.8 Å². The van der Waals surface area contributed by atoms with Gasteiger partial charge in [0.2, 0.25) is 0 Å². The molecule has 16 heavy (non-hydrogen) atoms. The first-order valence-corrected chi connectivity index (χ1v) is 7.05. The van der Waals surface area contributed by atoms with E-state index in [2.05, 4.69) is 44.8 Å². The van der Waals surface area contributed by atoms with E-state index in [0.29, 0.717) is 6.04 Å². The summed E-state index contributed by atoms with van der Waals surface area (Å²) < 4.78 is 0. The smallest absolute Gasteiger partial charge is 0.0246 e. The highest BCUT2D eigenvalue weighted by Crippen LogP contribution is 2.19. The molecule has 2 heteroatoms. The molecule has 0 aromatic rings. The summed E-state index contributed by atoms with van der Waals surface area (Å²) in [5.74, 6) is 1.61. The number of nitrogens with one attached hydrogen (secondary N) is 1. The van der Waals surface area contributed by atoms with Gasteiger partial charge in [-0.25, -0.2) is 0 Å². The van der Waals surface area contributed by atoms with Crippen LogP contribution in [0.4, 0.5) is 0 Å². The Kier molecular flexibility index (Phi) is 5.77. The molecule has 0 bridgehead atoms. The van der Waals surface area contributed by atoms with Crippen LogP contribution >= 0.6 is 0 Å². The normalized spacial score (nSPS) is 29.6. The van der Waals surface area contributed by atoms with Gasteiger partial charge in [-0.1, -0.05) is 41.0 Å². The van der Waals surface area contributed by atoms with Gasteiger partial charge in [0, 0.05) is 25.2 Å². The summed E-state index contributed by atoms with van der Waals surface area (Å²) in [7, 11) is 0. The lowest BCUT2D eigenvalue weighted by Crippen LogP contribution is -2.58. The summed E-state index contributed by atoms with van der Waals surface area (Å²) in [5, 5.41) is 3.74. The molecule has 2 nitrogen and oxygen atoms in total. The molecule has 3 atom stereocenters. The minimum atomic E-state index is 0.709. The first kappa shape index (κ1) is 14.0. The summed E-state index contributed by atoms with van der Waals surface area (Å²) >= 11 is 0. The predicted octanol–water partition coefficient (Wildman–Crippen LogP) is 2.74. The van der Waals surface area contributed by atoms with Crippen LogP contribution in [0.1, 0.15) is 47.5 Å². The van der Waals surface area contributed by atoms with E-state index in [1.807, 2.05) is 0 Å². The molecule has 0 saturated carbocycles. The molecule has 0 aliphatic carbocycles. The van der Waals surface area contributed by atoms with E-state index in [1.165, 1.54) is 32.5 Å². The molecule has 1 N–H and O–H groups in total. The predicted molar refractivity (Wildman–Crippen MR) is 71.7 cm³/mol. The molecule has 0 radical (unpaired) electrons. The molecule has 0 aromatic heterocycles. The third-order valence-corrected chi connectivity index (χ3v) is 4.00. The number of nitrogens with zero attached hydrogens (tertiary/aromatic N) is 1. The van der Waals surface area contributed by atoms with E-state index < -0.39 is 0 Å². The largest absolute Gasteiger partial charge is 0.311 e. The van der Waals surface area contributed by atoms with E-state index in [9.17, 15) is 0 Å². The monoisotopic (exact) mass is 226 g/mol. The van der Waals surface area contributed by atoms with Crippen LogP contribution in [0.15, 0.2) is 0 Å². The Balaban J connectivity index is 2.50. The lowest BCUT2D eigenvalue weighted by molar-refractivity contribution is 0.0911. The summed E-state index contributed by atoms with van der Waals surface area (Å²) in [6.07, 6.45) is 2.60. The van der Waals surface area contributed by atoms with Gasteiger partial charge in [0.25, 0.3) is 0 Å². The average Bonchev–Trinajstić information content (AvgIpc) is 2.27. The Morgan fingerprint density at radius 3 is 2.44 bits per heavy atom. The minimum absolute atomic E-state index is 0.709. The Morgan fingerprint density at radius 2 is 1.94 bits per heavy atom. The van der Waals surface area contributed by atoms with Crippen LogP contribution in [0.5, 0.6) is 0 Å². The molecule has 1 heterocycles. The van der Waals surface area contributed by atoms with Gasteiger partial charge >= 0.3 is 0 Å². The van der Waals surface area contributed by atoms with E-state index >= 15 is 0 Å². The molecule has 0 aromatic carbocycles. The fourth-order valence-electron chi connectivity index (χ4n) is 2.82. The lowest BCUT2D eigenvalue weighted by Gasteiger charge is -2.43. The van der Waals surface area contributed by atoms with Crippen LogP contribution in [0.25, 0.3) is 0 Å². The Morgan fingerprint density at radius 1 is 1.25 bits per heavy atom. The zero-order valence-corrected chi connectivity index (χ0v) is 11.8. The SMILES string of the molecule is CCC(C)C1CNC(CC(C)C)CN1CC. The Labute approximate surface area is 102 Å². The van der Waals surface area contributed by atoms with Crippen molar-refractivity contribution in [3.8, 4) is 0 Å². The average molecular weight is 226 g/mol. The molecular weight excluding hydrogens is 196 g/mol. The van der Waals surface area contributed by atoms with Crippen LogP contribution in [0.2, 0.25) is 0 Å². The van der Waals surface area contributed by atoms with Crippen molar-refractivity contribution in [2.45, 2.75) is 59.5 Å². The van der Waals surface area contributed by atoms with Gasteiger partial charge in [-0.2, -0.15) is 0 Å². The van der Waals surface area contributed by atoms with Crippen molar-refractivity contribution < 1.29 is 0 Å². The molecule has 1 fully saturated rings. The van der Waals surface area contributed by atoms with Crippen LogP contribution in [0.3, 0.4) is 0 Å². The van der Waals surface area contributed by atoms with Gasteiger partial charge in [0.05, 0.1) is 0 Å². The standard InChI is InChI=1S/C14H30N2/c1-6-12(5)14-9-15-13(8-11(3)4)10-16(14)7-2/h11-15H,6-10H2,1-5H3. The number of rotatable bonds is 5. The first-order valence-electron chi connectivity index (χ1n) is 7.05. The lowest BCUT2D eigenvalue weighted by atomic mass is 9.92. The van der Waals surface area contributed by atoms with Crippen LogP contribution in [0, 0.1) is 11.8 Å². The van der Waals surface area contributed by atoms with Gasteiger partial charge in [0.1, 0.15) is 0 Å². The Hall–Kier alpha value is -0.0800. The summed E-state index contributed by atoms with van der Waals surface area (Å²) in [5.41, 5.74) is 0. The van der Waals surface area contributed by atoms with Gasteiger partial charge in [-0.15, -0.1) is 0 Å². The fourth-order valence-corrected chi connectivity index (χ4v) is 2.82. The number of likely N-dealkylation sites (N-methyl/N-ethyl adjacent to an activating group) is 1. The second-order valence-corrected chi connectivity index (χ2v) is 5.78. The van der Waals surface area contributed by atoms with Crippen molar-refractivity contribution in [1.29, 1.82) is 0 Å². The maximum Gasteiger partial charge on any atom is 0.0246 e. The zero-order chi connectivity index (χ0) is 12.1. The van der Waals surface area contributed by atoms with Crippen molar-refractivity contribution in [3.05, 3.63) is 0 Å². The highest BCUT2D eigenvalue weighted by Gasteiger charge is 2.29. The number of hydrogen-bond donors (Lipinski definition) is 1. The maximum atomic E-state index is 3.74. The highest BCUT2D eigenvalue weighted by atomic mass is 15.2. The zero-order valence-electron chi connectivity index (χ0n) is 11.8. The quantitative estimate of drug-likeness (QED) is 0.775. The summed E-state index contributed by atoms with van der Waals surface area (Å²) in [4.78, 5) is 2.68. The molecule has 1 aliphatic heterocycles. The summed E-state index contributed by atoms with van der Waals surface area (Å²) in [6, 6.07) is 1.46. The highest BCUT2D eigenvalue weighted by molar-refractivity contribution is 4.88. The molecule has 0 spiro atoms. The van der Waals surface area contributed by atoms with Gasteiger partial charge in [0.15, 0.2) is 0 Å². The topological polar surface area (TPSA) is 15.3 Å². The van der Waals surface area contributed by atoms with E-state index in [-0.39, 0.29) is 0 Å². The molecule has 1 aliphatic rings. The fraction of sp³-hybridized carbons (Fsp3) is 1.00. The second-order valence-electron chi connectivity index (χ2n) is 5.78. The molecule has 0 amide bonds. The number of hydrogen-bond acceptors (Lipinski definition) is 2. The molecule has 3 unspecified atom stereocenters. The van der Waals surface area contributed by atoms with E-state index in [0.717, 1.165) is 17.9 Å². The minimum Gasteiger partial charge on any atom is -0.311 e. The van der Waals surface area contributed by atoms with E-state index in [4.69, 9.17) is 0 Å².